The number of imidazole rings is 1. The molecule has 0 bridgehead atoms. The van der Waals surface area contributed by atoms with Crippen LogP contribution < -0.4 is 5.32 Å². The van der Waals surface area contributed by atoms with E-state index in [0.717, 1.165) is 46.7 Å². The summed E-state index contributed by atoms with van der Waals surface area (Å²) < 4.78 is 3.15. The lowest BCUT2D eigenvalue weighted by Crippen LogP contribution is -2.33. The summed E-state index contributed by atoms with van der Waals surface area (Å²) in [5, 5.41) is 2.96. The van der Waals surface area contributed by atoms with E-state index in [0.29, 0.717) is 6.54 Å². The van der Waals surface area contributed by atoms with Crippen LogP contribution in [-0.2, 0) is 6.54 Å². The predicted molar refractivity (Wildman–Crippen MR) is 105 cm³/mol. The van der Waals surface area contributed by atoms with E-state index in [2.05, 4.69) is 37.7 Å². The fourth-order valence-corrected chi connectivity index (χ4v) is 3.75. The minimum absolute atomic E-state index is 0.0629. The SMILES string of the molecule is CCn1c(C2CCN(C(=O)Nc3ccc(Br)cc3)C2)nc2cccnc21. The topological polar surface area (TPSA) is 63.1 Å². The van der Waals surface area contributed by atoms with Crippen molar-refractivity contribution in [3.8, 4) is 0 Å². The second-order valence-electron chi connectivity index (χ2n) is 6.43. The maximum atomic E-state index is 12.6. The first kappa shape index (κ1) is 17.0. The van der Waals surface area contributed by atoms with Crippen molar-refractivity contribution in [2.45, 2.75) is 25.8 Å². The number of hydrogen-bond donors (Lipinski definition) is 1. The Morgan fingerprint density at radius 2 is 2.12 bits per heavy atom. The standard InChI is InChI=1S/C19H20BrN5O/c1-2-25-17(23-16-4-3-10-21-18(16)25)13-9-11-24(12-13)19(26)22-15-7-5-14(20)6-8-15/h3-8,10,13H,2,9,11-12H2,1H3,(H,22,26). The smallest absolute Gasteiger partial charge is 0.321 e. The van der Waals surface area contributed by atoms with Crippen LogP contribution in [0.5, 0.6) is 0 Å². The first-order valence-corrected chi connectivity index (χ1v) is 9.57. The van der Waals surface area contributed by atoms with Crippen LogP contribution in [0.4, 0.5) is 10.5 Å². The molecule has 1 fully saturated rings. The molecule has 2 aromatic heterocycles. The lowest BCUT2D eigenvalue weighted by molar-refractivity contribution is 0.222. The van der Waals surface area contributed by atoms with Crippen molar-refractivity contribution >= 4 is 38.8 Å². The lowest BCUT2D eigenvalue weighted by Gasteiger charge is -2.17. The zero-order valence-corrected chi connectivity index (χ0v) is 16.1. The number of rotatable bonds is 3. The molecule has 3 heterocycles. The molecule has 0 aliphatic carbocycles. The Kier molecular flexibility index (Phi) is 4.63. The minimum Gasteiger partial charge on any atom is -0.324 e. The molecule has 2 amide bonds. The molecule has 3 aromatic rings. The zero-order valence-electron chi connectivity index (χ0n) is 14.5. The van der Waals surface area contributed by atoms with E-state index in [4.69, 9.17) is 4.98 Å². The van der Waals surface area contributed by atoms with Crippen molar-refractivity contribution in [2.75, 3.05) is 18.4 Å². The van der Waals surface area contributed by atoms with Gasteiger partial charge in [-0.15, -0.1) is 0 Å². The Morgan fingerprint density at radius 1 is 1.31 bits per heavy atom. The van der Waals surface area contributed by atoms with Crippen molar-refractivity contribution in [3.05, 3.63) is 52.9 Å². The summed E-state index contributed by atoms with van der Waals surface area (Å²) in [7, 11) is 0. The number of carbonyl (C=O) groups is 1. The normalized spacial score (nSPS) is 17.0. The van der Waals surface area contributed by atoms with E-state index in [1.807, 2.05) is 41.3 Å². The monoisotopic (exact) mass is 413 g/mol. The van der Waals surface area contributed by atoms with Crippen molar-refractivity contribution in [2.24, 2.45) is 0 Å². The number of amides is 2. The lowest BCUT2D eigenvalue weighted by atomic mass is 10.1. The van der Waals surface area contributed by atoms with Gasteiger partial charge in [-0.1, -0.05) is 15.9 Å². The molecule has 1 aromatic carbocycles. The number of likely N-dealkylation sites (tertiary alicyclic amines) is 1. The second-order valence-corrected chi connectivity index (χ2v) is 7.34. The van der Waals surface area contributed by atoms with E-state index in [1.54, 1.807) is 6.20 Å². The minimum atomic E-state index is -0.0629. The van der Waals surface area contributed by atoms with E-state index in [9.17, 15) is 4.79 Å². The fraction of sp³-hybridized carbons (Fsp3) is 0.316. The summed E-state index contributed by atoms with van der Waals surface area (Å²) in [6, 6.07) is 11.4. The molecule has 1 saturated heterocycles. The first-order chi connectivity index (χ1) is 12.7. The highest BCUT2D eigenvalue weighted by molar-refractivity contribution is 9.10. The van der Waals surface area contributed by atoms with Crippen LogP contribution in [0.1, 0.15) is 25.1 Å². The van der Waals surface area contributed by atoms with Gasteiger partial charge in [-0.25, -0.2) is 14.8 Å². The van der Waals surface area contributed by atoms with Crippen LogP contribution >= 0.6 is 15.9 Å². The third-order valence-electron chi connectivity index (χ3n) is 4.79. The molecule has 1 atom stereocenters. The van der Waals surface area contributed by atoms with Gasteiger partial charge < -0.3 is 14.8 Å². The Bertz CT molecular complexity index is 937. The molecular formula is C19H20BrN5O. The molecule has 26 heavy (non-hydrogen) atoms. The molecule has 1 unspecified atom stereocenters. The Balaban J connectivity index is 1.50. The molecule has 1 N–H and O–H groups in total. The fourth-order valence-electron chi connectivity index (χ4n) is 3.49. The summed E-state index contributed by atoms with van der Waals surface area (Å²) in [5.41, 5.74) is 2.64. The molecule has 1 aliphatic heterocycles. The number of urea groups is 1. The highest BCUT2D eigenvalue weighted by Crippen LogP contribution is 2.29. The number of nitrogens with one attached hydrogen (secondary N) is 1. The molecule has 134 valence electrons. The van der Waals surface area contributed by atoms with Crippen molar-refractivity contribution < 1.29 is 4.79 Å². The van der Waals surface area contributed by atoms with Crippen LogP contribution in [0.15, 0.2) is 47.1 Å². The van der Waals surface area contributed by atoms with Gasteiger partial charge in [0.2, 0.25) is 0 Å². The number of aryl methyl sites for hydroxylation is 1. The summed E-state index contributed by atoms with van der Waals surface area (Å²) in [4.78, 5) is 23.7. The van der Waals surface area contributed by atoms with E-state index < -0.39 is 0 Å². The van der Waals surface area contributed by atoms with Crippen LogP contribution in [0.2, 0.25) is 0 Å². The molecule has 0 radical (unpaired) electrons. The van der Waals surface area contributed by atoms with Gasteiger partial charge in [-0.3, -0.25) is 0 Å². The summed E-state index contributed by atoms with van der Waals surface area (Å²) in [6.07, 6.45) is 2.71. The van der Waals surface area contributed by atoms with Gasteiger partial charge in [-0.2, -0.15) is 0 Å². The molecule has 0 spiro atoms. The van der Waals surface area contributed by atoms with Crippen molar-refractivity contribution in [1.29, 1.82) is 0 Å². The van der Waals surface area contributed by atoms with E-state index in [-0.39, 0.29) is 11.9 Å². The number of pyridine rings is 1. The van der Waals surface area contributed by atoms with Crippen molar-refractivity contribution in [3.63, 3.8) is 0 Å². The first-order valence-electron chi connectivity index (χ1n) is 8.78. The van der Waals surface area contributed by atoms with Crippen LogP contribution in [0, 0.1) is 0 Å². The van der Waals surface area contributed by atoms with Gasteiger partial charge in [0, 0.05) is 41.9 Å². The summed E-state index contributed by atoms with van der Waals surface area (Å²) >= 11 is 3.40. The molecule has 4 rings (SSSR count). The number of carbonyl (C=O) groups excluding carboxylic acids is 1. The maximum absolute atomic E-state index is 12.6. The predicted octanol–water partition coefficient (Wildman–Crippen LogP) is 4.24. The second kappa shape index (κ2) is 7.07. The number of anilines is 1. The van der Waals surface area contributed by atoms with E-state index >= 15 is 0 Å². The van der Waals surface area contributed by atoms with Gasteiger partial charge in [-0.05, 0) is 49.7 Å². The molecule has 7 heteroatoms. The maximum Gasteiger partial charge on any atom is 0.321 e. The summed E-state index contributed by atoms with van der Waals surface area (Å²) in [5.74, 6) is 1.26. The molecular weight excluding hydrogens is 394 g/mol. The summed E-state index contributed by atoms with van der Waals surface area (Å²) in [6.45, 7) is 4.33. The van der Waals surface area contributed by atoms with Crippen molar-refractivity contribution in [1.82, 2.24) is 19.4 Å². The highest BCUT2D eigenvalue weighted by Gasteiger charge is 2.31. The Labute approximate surface area is 160 Å². The number of benzene rings is 1. The quantitative estimate of drug-likeness (QED) is 0.698. The number of hydrogen-bond acceptors (Lipinski definition) is 3. The van der Waals surface area contributed by atoms with Crippen LogP contribution in [0.3, 0.4) is 0 Å². The highest BCUT2D eigenvalue weighted by atomic mass is 79.9. The molecule has 1 aliphatic rings. The van der Waals surface area contributed by atoms with Gasteiger partial charge >= 0.3 is 6.03 Å². The van der Waals surface area contributed by atoms with Crippen LogP contribution in [-0.4, -0.2) is 38.6 Å². The van der Waals surface area contributed by atoms with Gasteiger partial charge in [0.15, 0.2) is 5.65 Å². The number of halogens is 1. The number of nitrogens with zero attached hydrogens (tertiary/aromatic N) is 4. The van der Waals surface area contributed by atoms with E-state index in [1.165, 1.54) is 0 Å². The third-order valence-corrected chi connectivity index (χ3v) is 5.31. The van der Waals surface area contributed by atoms with Gasteiger partial charge in [0.05, 0.1) is 0 Å². The number of fused-ring (bicyclic) bond motifs is 1. The largest absolute Gasteiger partial charge is 0.324 e. The Morgan fingerprint density at radius 3 is 2.88 bits per heavy atom. The zero-order chi connectivity index (χ0) is 18.1. The molecule has 0 saturated carbocycles. The average Bonchev–Trinajstić information content (AvgIpc) is 3.27. The number of aromatic nitrogens is 3. The average molecular weight is 414 g/mol. The van der Waals surface area contributed by atoms with Gasteiger partial charge in [0.1, 0.15) is 11.3 Å². The Hall–Kier alpha value is -2.41. The van der Waals surface area contributed by atoms with Crippen LogP contribution in [0.25, 0.3) is 11.2 Å². The third kappa shape index (κ3) is 3.19. The molecule has 6 nitrogen and oxygen atoms in total. The van der Waals surface area contributed by atoms with Gasteiger partial charge in [0.25, 0.3) is 0 Å².